The molecule has 0 rings (SSSR count). The van der Waals surface area contributed by atoms with E-state index in [1.54, 1.807) is 0 Å². The Kier molecular flexibility index (Phi) is 22.0. The molecule has 0 aliphatic heterocycles. The predicted octanol–water partition coefficient (Wildman–Crippen LogP) is 5.71. The van der Waals surface area contributed by atoms with E-state index in [0.717, 1.165) is 32.1 Å². The second kappa shape index (κ2) is 22.3. The number of aliphatic hydroxyl groups is 1. The molecule has 3 atom stereocenters. The molecule has 9 heteroatoms. The Morgan fingerprint density at radius 2 is 1.32 bits per heavy atom. The summed E-state index contributed by atoms with van der Waals surface area (Å²) in [5.41, 5.74) is 0. The van der Waals surface area contributed by atoms with Crippen molar-refractivity contribution in [2.24, 2.45) is 0 Å². The van der Waals surface area contributed by atoms with Crippen molar-refractivity contribution in [1.29, 1.82) is 0 Å². The summed E-state index contributed by atoms with van der Waals surface area (Å²) >= 11 is 0. The van der Waals surface area contributed by atoms with Gasteiger partial charge in [-0.05, 0) is 12.8 Å². The van der Waals surface area contributed by atoms with Gasteiger partial charge in [0.25, 0.3) is 7.82 Å². The lowest BCUT2D eigenvalue weighted by atomic mass is 10.0. The Morgan fingerprint density at radius 1 is 0.838 bits per heavy atom. The fraction of sp³-hybridized carbons (Fsp3) is 0.964. The monoisotopic (exact) mass is 550 g/mol. The zero-order valence-electron chi connectivity index (χ0n) is 24.7. The van der Waals surface area contributed by atoms with Gasteiger partial charge in [-0.15, -0.1) is 0 Å². The van der Waals surface area contributed by atoms with E-state index in [-0.39, 0.29) is 19.1 Å². The first kappa shape index (κ1) is 36.5. The van der Waals surface area contributed by atoms with E-state index < -0.39 is 20.0 Å². The number of nitrogens with zero attached hydrogens (tertiary/aromatic N) is 1. The smallest absolute Gasteiger partial charge is 0.268 e. The van der Waals surface area contributed by atoms with Crippen LogP contribution >= 0.6 is 7.82 Å². The molecule has 2 N–H and O–H groups in total. The molecule has 0 fully saturated rings. The van der Waals surface area contributed by atoms with E-state index in [4.69, 9.17) is 9.05 Å². The third-order valence-corrected chi connectivity index (χ3v) is 7.56. The number of carbonyl (C=O) groups is 1. The highest BCUT2D eigenvalue weighted by Gasteiger charge is 2.24. The van der Waals surface area contributed by atoms with E-state index >= 15 is 0 Å². The molecule has 1 amide bonds. The van der Waals surface area contributed by atoms with Crippen LogP contribution in [0.5, 0.6) is 0 Å². The van der Waals surface area contributed by atoms with Crippen LogP contribution in [0.15, 0.2) is 0 Å². The van der Waals surface area contributed by atoms with Crippen molar-refractivity contribution in [3.8, 4) is 0 Å². The minimum absolute atomic E-state index is 0.0132. The van der Waals surface area contributed by atoms with Crippen molar-refractivity contribution in [1.82, 2.24) is 5.32 Å². The van der Waals surface area contributed by atoms with Crippen LogP contribution in [0.1, 0.15) is 123 Å². The number of aliphatic hydroxyl groups excluding tert-OH is 1. The van der Waals surface area contributed by atoms with E-state index in [1.807, 2.05) is 28.1 Å². The molecule has 0 aromatic rings. The molecule has 0 saturated heterocycles. The van der Waals surface area contributed by atoms with Crippen LogP contribution < -0.4 is 10.2 Å². The molecule has 0 aromatic carbocycles. The topological polar surface area (TPSA) is 108 Å². The molecule has 0 radical (unpaired) electrons. The molecule has 0 heterocycles. The minimum Gasteiger partial charge on any atom is -0.756 e. The van der Waals surface area contributed by atoms with Gasteiger partial charge in [-0.1, -0.05) is 104 Å². The molecule has 37 heavy (non-hydrogen) atoms. The Balaban J connectivity index is 4.31. The van der Waals surface area contributed by atoms with Crippen LogP contribution in [0.2, 0.25) is 0 Å². The quantitative estimate of drug-likeness (QED) is 0.0811. The summed E-state index contributed by atoms with van der Waals surface area (Å²) in [6.45, 7) is 4.44. The Bertz CT molecular complexity index is 600. The number of phosphoric acid groups is 1. The third kappa shape index (κ3) is 24.3. The van der Waals surface area contributed by atoms with E-state index in [1.165, 1.54) is 64.2 Å². The number of rotatable bonds is 26. The van der Waals surface area contributed by atoms with Crippen molar-refractivity contribution in [3.05, 3.63) is 0 Å². The highest BCUT2D eigenvalue weighted by molar-refractivity contribution is 7.45. The Morgan fingerprint density at radius 3 is 1.81 bits per heavy atom. The van der Waals surface area contributed by atoms with Gasteiger partial charge < -0.3 is 28.8 Å². The van der Waals surface area contributed by atoms with Crippen LogP contribution in [-0.2, 0) is 18.4 Å². The van der Waals surface area contributed by atoms with Crippen molar-refractivity contribution in [3.63, 3.8) is 0 Å². The number of nitrogens with one attached hydrogen (secondary N) is 1. The van der Waals surface area contributed by atoms with Gasteiger partial charge in [-0.2, -0.15) is 0 Å². The molecule has 0 bridgehead atoms. The van der Waals surface area contributed by atoms with Gasteiger partial charge in [0.1, 0.15) is 13.2 Å². The van der Waals surface area contributed by atoms with Gasteiger partial charge in [-0.3, -0.25) is 9.36 Å². The molecule has 0 saturated carbocycles. The second-order valence-electron chi connectivity index (χ2n) is 11.5. The number of likely N-dealkylation sites (N-methyl/N-ethyl adjacent to an activating group) is 1. The standard InChI is InChI=1S/C28H59N2O6P/c1-6-8-10-11-12-13-14-15-16-17-18-19-20-21-27(31)26(29-28(32)22-9-7-2)25-36-37(33,34)35-24-23-30(3,4)5/h26-27,31H,6-25H2,1-5H3,(H-,29,32,33,34). The summed E-state index contributed by atoms with van der Waals surface area (Å²) in [6, 6.07) is -0.786. The first-order chi connectivity index (χ1) is 17.5. The van der Waals surface area contributed by atoms with Crippen LogP contribution in [0.3, 0.4) is 0 Å². The molecule has 3 unspecified atom stereocenters. The van der Waals surface area contributed by atoms with Crippen LogP contribution in [-0.4, -0.2) is 68.5 Å². The number of quaternary nitrogens is 1. The Labute approximate surface area is 228 Å². The van der Waals surface area contributed by atoms with E-state index in [2.05, 4.69) is 12.2 Å². The maximum atomic E-state index is 12.3. The van der Waals surface area contributed by atoms with Crippen LogP contribution in [0.4, 0.5) is 0 Å². The lowest BCUT2D eigenvalue weighted by Crippen LogP contribution is -2.46. The summed E-state index contributed by atoms with van der Waals surface area (Å²) in [5.74, 6) is -0.202. The summed E-state index contributed by atoms with van der Waals surface area (Å²) in [7, 11) is 1.30. The average molecular weight is 551 g/mol. The summed E-state index contributed by atoms with van der Waals surface area (Å²) in [5, 5.41) is 13.5. The Hall–Kier alpha value is -0.500. The first-order valence-corrected chi connectivity index (χ1v) is 16.3. The lowest BCUT2D eigenvalue weighted by molar-refractivity contribution is -0.870. The molecular formula is C28H59N2O6P. The zero-order valence-corrected chi connectivity index (χ0v) is 25.6. The van der Waals surface area contributed by atoms with Gasteiger partial charge in [0.15, 0.2) is 0 Å². The number of unbranched alkanes of at least 4 members (excludes halogenated alkanes) is 13. The van der Waals surface area contributed by atoms with Gasteiger partial charge >= 0.3 is 0 Å². The molecular weight excluding hydrogens is 491 g/mol. The molecule has 0 aromatic heterocycles. The zero-order chi connectivity index (χ0) is 28.0. The van der Waals surface area contributed by atoms with E-state index in [0.29, 0.717) is 23.9 Å². The predicted molar refractivity (Wildman–Crippen MR) is 150 cm³/mol. The average Bonchev–Trinajstić information content (AvgIpc) is 2.82. The number of hydrogen-bond acceptors (Lipinski definition) is 6. The molecule has 222 valence electrons. The fourth-order valence-corrected chi connectivity index (χ4v) is 4.80. The van der Waals surface area contributed by atoms with Gasteiger partial charge in [-0.25, -0.2) is 0 Å². The fourth-order valence-electron chi connectivity index (χ4n) is 4.07. The van der Waals surface area contributed by atoms with Gasteiger partial charge in [0.2, 0.25) is 5.91 Å². The highest BCUT2D eigenvalue weighted by Crippen LogP contribution is 2.38. The normalized spacial score (nSPS) is 15.3. The van der Waals surface area contributed by atoms with Crippen molar-refractivity contribution >= 4 is 13.7 Å². The second-order valence-corrected chi connectivity index (χ2v) is 12.9. The first-order valence-electron chi connectivity index (χ1n) is 14.9. The minimum atomic E-state index is -4.52. The van der Waals surface area contributed by atoms with Crippen LogP contribution in [0.25, 0.3) is 0 Å². The summed E-state index contributed by atoms with van der Waals surface area (Å²) < 4.78 is 22.7. The van der Waals surface area contributed by atoms with Crippen molar-refractivity contribution in [2.45, 2.75) is 135 Å². The number of carbonyl (C=O) groups excluding carboxylic acids is 1. The van der Waals surface area contributed by atoms with Crippen molar-refractivity contribution < 1.29 is 32.9 Å². The van der Waals surface area contributed by atoms with Gasteiger partial charge in [0, 0.05) is 6.42 Å². The summed E-state index contributed by atoms with van der Waals surface area (Å²) in [4.78, 5) is 24.4. The number of amides is 1. The van der Waals surface area contributed by atoms with Crippen LogP contribution in [0, 0.1) is 0 Å². The maximum absolute atomic E-state index is 12.3. The molecule has 8 nitrogen and oxygen atoms in total. The SMILES string of the molecule is CCCCCCCCCCCCCCCC(O)C(COP(=O)([O-])OCC[N+](C)(C)C)NC(=O)CCCC. The van der Waals surface area contributed by atoms with Crippen molar-refractivity contribution in [2.75, 3.05) is 40.9 Å². The lowest BCUT2D eigenvalue weighted by Gasteiger charge is -2.30. The maximum Gasteiger partial charge on any atom is 0.268 e. The number of hydrogen-bond donors (Lipinski definition) is 2. The van der Waals surface area contributed by atoms with Gasteiger partial charge in [0.05, 0.1) is 39.9 Å². The highest BCUT2D eigenvalue weighted by atomic mass is 31.2. The molecule has 0 aliphatic rings. The molecule has 0 aliphatic carbocycles. The summed E-state index contributed by atoms with van der Waals surface area (Å²) in [6.07, 6.45) is 17.8. The third-order valence-electron chi connectivity index (χ3n) is 6.60. The largest absolute Gasteiger partial charge is 0.756 e. The van der Waals surface area contributed by atoms with E-state index in [9.17, 15) is 19.4 Å². The number of phosphoric ester groups is 1. The molecule has 0 spiro atoms.